The summed E-state index contributed by atoms with van der Waals surface area (Å²) in [4.78, 5) is 0. The van der Waals surface area contributed by atoms with Gasteiger partial charge in [0.2, 0.25) is 0 Å². The van der Waals surface area contributed by atoms with Gasteiger partial charge in [-0.3, -0.25) is 0 Å². The van der Waals surface area contributed by atoms with Gasteiger partial charge in [0, 0.05) is 24.1 Å². The molecule has 2 heteroatoms. The number of hydrogen-bond donors (Lipinski definition) is 1. The Balaban J connectivity index is 3.77. The SMILES string of the molecule is CC(C)COCC(C)(C)CNC(C)(C)C. The van der Waals surface area contributed by atoms with E-state index in [1.54, 1.807) is 0 Å². The third-order valence-electron chi connectivity index (χ3n) is 2.04. The average Bonchev–Trinajstić information content (AvgIpc) is 1.99. The molecule has 0 bridgehead atoms. The first-order chi connectivity index (χ1) is 6.62. The molecule has 0 aromatic heterocycles. The topological polar surface area (TPSA) is 21.3 Å². The van der Waals surface area contributed by atoms with Crippen LogP contribution in [0.25, 0.3) is 0 Å². The van der Waals surface area contributed by atoms with Crippen LogP contribution < -0.4 is 5.32 Å². The van der Waals surface area contributed by atoms with Crippen molar-refractivity contribution in [3.63, 3.8) is 0 Å². The van der Waals surface area contributed by atoms with Crippen molar-refractivity contribution in [1.29, 1.82) is 0 Å². The quantitative estimate of drug-likeness (QED) is 0.735. The van der Waals surface area contributed by atoms with Crippen LogP contribution in [0.3, 0.4) is 0 Å². The molecule has 0 saturated heterocycles. The highest BCUT2D eigenvalue weighted by molar-refractivity contribution is 4.77. The van der Waals surface area contributed by atoms with Gasteiger partial charge in [0.1, 0.15) is 0 Å². The second kappa shape index (κ2) is 5.86. The molecule has 0 aliphatic carbocycles. The summed E-state index contributed by atoms with van der Waals surface area (Å²) in [6.45, 7) is 18.1. The van der Waals surface area contributed by atoms with Crippen LogP contribution in [0.4, 0.5) is 0 Å². The number of nitrogens with one attached hydrogen (secondary N) is 1. The van der Waals surface area contributed by atoms with Gasteiger partial charge in [-0.15, -0.1) is 0 Å². The van der Waals surface area contributed by atoms with Crippen molar-refractivity contribution in [3.8, 4) is 0 Å². The molecule has 0 amide bonds. The van der Waals surface area contributed by atoms with Crippen molar-refractivity contribution < 1.29 is 4.74 Å². The zero-order valence-electron chi connectivity index (χ0n) is 11.6. The normalized spacial score (nSPS) is 13.6. The van der Waals surface area contributed by atoms with E-state index in [0.717, 1.165) is 19.8 Å². The van der Waals surface area contributed by atoms with E-state index in [4.69, 9.17) is 4.74 Å². The molecule has 0 heterocycles. The molecule has 92 valence electrons. The van der Waals surface area contributed by atoms with Crippen molar-refractivity contribution in [2.24, 2.45) is 11.3 Å². The van der Waals surface area contributed by atoms with Crippen molar-refractivity contribution in [3.05, 3.63) is 0 Å². The van der Waals surface area contributed by atoms with Crippen LogP contribution >= 0.6 is 0 Å². The van der Waals surface area contributed by atoms with Gasteiger partial charge in [0.25, 0.3) is 0 Å². The maximum absolute atomic E-state index is 5.69. The average molecular weight is 215 g/mol. The van der Waals surface area contributed by atoms with Gasteiger partial charge >= 0.3 is 0 Å². The zero-order valence-corrected chi connectivity index (χ0v) is 11.6. The molecule has 0 saturated carbocycles. The highest BCUT2D eigenvalue weighted by Crippen LogP contribution is 2.16. The van der Waals surface area contributed by atoms with E-state index in [1.807, 2.05) is 0 Å². The first kappa shape index (κ1) is 14.9. The Bertz CT molecular complexity index is 168. The van der Waals surface area contributed by atoms with Crippen LogP contribution in [0.1, 0.15) is 48.5 Å². The molecular weight excluding hydrogens is 186 g/mol. The monoisotopic (exact) mass is 215 g/mol. The Kier molecular flexibility index (Phi) is 5.82. The molecule has 0 spiro atoms. The predicted molar refractivity (Wildman–Crippen MR) is 67.2 cm³/mol. The van der Waals surface area contributed by atoms with E-state index in [-0.39, 0.29) is 11.0 Å². The van der Waals surface area contributed by atoms with E-state index in [2.05, 4.69) is 53.8 Å². The van der Waals surface area contributed by atoms with Gasteiger partial charge in [-0.25, -0.2) is 0 Å². The Morgan fingerprint density at radius 1 is 1.07 bits per heavy atom. The summed E-state index contributed by atoms with van der Waals surface area (Å²) in [7, 11) is 0. The lowest BCUT2D eigenvalue weighted by atomic mass is 9.93. The van der Waals surface area contributed by atoms with Crippen molar-refractivity contribution in [2.75, 3.05) is 19.8 Å². The minimum absolute atomic E-state index is 0.190. The number of ether oxygens (including phenoxy) is 1. The molecular formula is C13H29NO. The molecule has 0 radical (unpaired) electrons. The summed E-state index contributed by atoms with van der Waals surface area (Å²) in [6, 6.07) is 0. The van der Waals surface area contributed by atoms with Gasteiger partial charge in [-0.2, -0.15) is 0 Å². The summed E-state index contributed by atoms with van der Waals surface area (Å²) in [5.41, 5.74) is 0.400. The Morgan fingerprint density at radius 3 is 2.00 bits per heavy atom. The van der Waals surface area contributed by atoms with E-state index in [0.29, 0.717) is 5.92 Å². The second-order valence-corrected chi connectivity index (χ2v) is 6.68. The lowest BCUT2D eigenvalue weighted by molar-refractivity contribution is 0.0440. The van der Waals surface area contributed by atoms with Crippen LogP contribution in [-0.4, -0.2) is 25.3 Å². The van der Waals surface area contributed by atoms with Crippen molar-refractivity contribution in [2.45, 2.75) is 54.0 Å². The summed E-state index contributed by atoms with van der Waals surface area (Å²) < 4.78 is 5.69. The van der Waals surface area contributed by atoms with Gasteiger partial charge in [0.05, 0.1) is 6.61 Å². The second-order valence-electron chi connectivity index (χ2n) is 6.68. The molecule has 0 fully saturated rings. The van der Waals surface area contributed by atoms with Crippen LogP contribution in [0.15, 0.2) is 0 Å². The zero-order chi connectivity index (χ0) is 12.1. The van der Waals surface area contributed by atoms with E-state index in [9.17, 15) is 0 Å². The lowest BCUT2D eigenvalue weighted by Crippen LogP contribution is -2.43. The summed E-state index contributed by atoms with van der Waals surface area (Å²) >= 11 is 0. The third kappa shape index (κ3) is 10.2. The fourth-order valence-corrected chi connectivity index (χ4v) is 1.13. The molecule has 0 aromatic rings. The van der Waals surface area contributed by atoms with Gasteiger partial charge < -0.3 is 10.1 Å². The van der Waals surface area contributed by atoms with Gasteiger partial charge in [0.15, 0.2) is 0 Å². The minimum Gasteiger partial charge on any atom is -0.381 e. The van der Waals surface area contributed by atoms with E-state index < -0.39 is 0 Å². The Hall–Kier alpha value is -0.0800. The van der Waals surface area contributed by atoms with E-state index >= 15 is 0 Å². The molecule has 0 atom stereocenters. The maximum Gasteiger partial charge on any atom is 0.0529 e. The largest absolute Gasteiger partial charge is 0.381 e. The number of rotatable bonds is 6. The first-order valence-electron chi connectivity index (χ1n) is 5.95. The molecule has 0 aliphatic rings. The van der Waals surface area contributed by atoms with Crippen LogP contribution in [0.5, 0.6) is 0 Å². The van der Waals surface area contributed by atoms with Gasteiger partial charge in [-0.1, -0.05) is 27.7 Å². The maximum atomic E-state index is 5.69. The summed E-state index contributed by atoms with van der Waals surface area (Å²) in [5, 5.41) is 3.52. The molecule has 0 rings (SSSR count). The molecule has 0 aromatic carbocycles. The van der Waals surface area contributed by atoms with Crippen molar-refractivity contribution >= 4 is 0 Å². The summed E-state index contributed by atoms with van der Waals surface area (Å²) in [6.07, 6.45) is 0. The van der Waals surface area contributed by atoms with Gasteiger partial charge in [-0.05, 0) is 26.7 Å². The smallest absolute Gasteiger partial charge is 0.0529 e. The van der Waals surface area contributed by atoms with Crippen molar-refractivity contribution in [1.82, 2.24) is 5.32 Å². The molecule has 0 aliphatic heterocycles. The lowest BCUT2D eigenvalue weighted by Gasteiger charge is -2.30. The van der Waals surface area contributed by atoms with Crippen LogP contribution in [0, 0.1) is 11.3 Å². The number of hydrogen-bond acceptors (Lipinski definition) is 2. The molecule has 2 nitrogen and oxygen atoms in total. The minimum atomic E-state index is 0.190. The summed E-state index contributed by atoms with van der Waals surface area (Å²) in [5.74, 6) is 0.622. The van der Waals surface area contributed by atoms with Crippen LogP contribution in [-0.2, 0) is 4.74 Å². The Labute approximate surface area is 95.8 Å². The fourth-order valence-electron chi connectivity index (χ4n) is 1.13. The molecule has 0 unspecified atom stereocenters. The Morgan fingerprint density at radius 2 is 1.60 bits per heavy atom. The predicted octanol–water partition coefficient (Wildman–Crippen LogP) is 3.07. The van der Waals surface area contributed by atoms with Crippen LogP contribution in [0.2, 0.25) is 0 Å². The standard InChI is InChI=1S/C13H29NO/c1-11(2)8-15-10-13(6,7)9-14-12(3,4)5/h11,14H,8-10H2,1-7H3. The third-order valence-corrected chi connectivity index (χ3v) is 2.04. The highest BCUT2D eigenvalue weighted by atomic mass is 16.5. The fraction of sp³-hybridized carbons (Fsp3) is 1.00. The highest BCUT2D eigenvalue weighted by Gasteiger charge is 2.21. The molecule has 1 N–H and O–H groups in total. The van der Waals surface area contributed by atoms with E-state index in [1.165, 1.54) is 0 Å². The molecule has 15 heavy (non-hydrogen) atoms. The first-order valence-corrected chi connectivity index (χ1v) is 5.95.